The Morgan fingerprint density at radius 2 is 1.44 bits per heavy atom. The Balaban J connectivity index is 2.02. The van der Waals surface area contributed by atoms with E-state index in [0.717, 1.165) is 6.33 Å². The number of ether oxygens (including phenoxy) is 2. The van der Waals surface area contributed by atoms with Gasteiger partial charge in [0.25, 0.3) is 0 Å². The van der Waals surface area contributed by atoms with Crippen molar-refractivity contribution < 1.29 is 24.0 Å². The number of anilines is 4. The second-order valence-corrected chi connectivity index (χ2v) is 6.23. The number of nitrogens with one attached hydrogen (secondary N) is 2. The highest BCUT2D eigenvalue weighted by Gasteiger charge is 2.26. The molecule has 11 heteroatoms. The second-order valence-electron chi connectivity index (χ2n) is 6.23. The molecule has 0 atom stereocenters. The van der Waals surface area contributed by atoms with Gasteiger partial charge in [-0.15, -0.1) is 0 Å². The first-order chi connectivity index (χ1) is 15.5. The molecule has 0 fully saturated rings. The molecule has 0 aliphatic heterocycles. The monoisotopic (exact) mass is 437 g/mol. The number of rotatable bonds is 8. The van der Waals surface area contributed by atoms with Crippen LogP contribution in [0.2, 0.25) is 0 Å². The second kappa shape index (κ2) is 9.98. The third-order valence-electron chi connectivity index (χ3n) is 4.27. The van der Waals surface area contributed by atoms with Crippen LogP contribution in [0.15, 0.2) is 54.9 Å². The van der Waals surface area contributed by atoms with Crippen molar-refractivity contribution >= 4 is 40.6 Å². The molecule has 3 aromatic rings. The minimum Gasteiger partial charge on any atom is -0.465 e. The van der Waals surface area contributed by atoms with E-state index in [1.807, 2.05) is 0 Å². The van der Waals surface area contributed by atoms with Crippen LogP contribution in [-0.2, 0) is 9.47 Å². The molecule has 0 amide bonds. The number of hydrogen-bond acceptors (Lipinski definition) is 10. The molecule has 32 heavy (non-hydrogen) atoms. The summed E-state index contributed by atoms with van der Waals surface area (Å²) in [5.74, 6) is -1.51. The van der Waals surface area contributed by atoms with E-state index in [-0.39, 0.29) is 40.7 Å². The lowest BCUT2D eigenvalue weighted by Gasteiger charge is -2.13. The number of nitro groups is 1. The fourth-order valence-electron chi connectivity index (χ4n) is 2.85. The van der Waals surface area contributed by atoms with Gasteiger partial charge in [0, 0.05) is 0 Å². The summed E-state index contributed by atoms with van der Waals surface area (Å²) in [6.07, 6.45) is 1.12. The molecule has 0 bridgehead atoms. The van der Waals surface area contributed by atoms with Crippen molar-refractivity contribution in [3.8, 4) is 0 Å². The number of para-hydroxylation sites is 2. The Morgan fingerprint density at radius 1 is 0.938 bits per heavy atom. The van der Waals surface area contributed by atoms with E-state index < -0.39 is 22.5 Å². The third-order valence-corrected chi connectivity index (χ3v) is 4.27. The molecule has 0 spiro atoms. The Labute approximate surface area is 182 Å². The molecule has 0 radical (unpaired) electrons. The highest BCUT2D eigenvalue weighted by molar-refractivity contribution is 5.98. The normalized spacial score (nSPS) is 10.2. The smallest absolute Gasteiger partial charge is 0.353 e. The Hall–Kier alpha value is -4.54. The van der Waals surface area contributed by atoms with E-state index in [1.165, 1.54) is 19.2 Å². The van der Waals surface area contributed by atoms with Gasteiger partial charge in [-0.2, -0.15) is 0 Å². The zero-order chi connectivity index (χ0) is 23.1. The van der Waals surface area contributed by atoms with Crippen molar-refractivity contribution in [2.24, 2.45) is 0 Å². The minimum absolute atomic E-state index is 0.153. The highest BCUT2D eigenvalue weighted by atomic mass is 16.6. The maximum atomic E-state index is 12.2. The van der Waals surface area contributed by atoms with Crippen LogP contribution in [0.25, 0.3) is 0 Å². The van der Waals surface area contributed by atoms with Gasteiger partial charge in [0.15, 0.2) is 0 Å². The molecule has 0 aliphatic rings. The third kappa shape index (κ3) is 4.78. The average molecular weight is 437 g/mol. The van der Waals surface area contributed by atoms with E-state index in [1.54, 1.807) is 43.3 Å². The molecule has 0 aliphatic carbocycles. The van der Waals surface area contributed by atoms with Gasteiger partial charge in [0.1, 0.15) is 6.33 Å². The molecule has 1 heterocycles. The zero-order valence-corrected chi connectivity index (χ0v) is 17.2. The number of esters is 2. The zero-order valence-electron chi connectivity index (χ0n) is 17.2. The van der Waals surface area contributed by atoms with Crippen molar-refractivity contribution in [1.29, 1.82) is 0 Å². The molecule has 164 valence electrons. The van der Waals surface area contributed by atoms with Crippen LogP contribution in [-0.4, -0.2) is 40.5 Å². The lowest BCUT2D eigenvalue weighted by atomic mass is 10.1. The summed E-state index contributed by atoms with van der Waals surface area (Å²) in [5.41, 5.74) is 0.413. The molecule has 2 aromatic carbocycles. The molecule has 1 aromatic heterocycles. The van der Waals surface area contributed by atoms with Gasteiger partial charge >= 0.3 is 17.6 Å². The topological polar surface area (TPSA) is 146 Å². The number of benzene rings is 2. The highest BCUT2D eigenvalue weighted by Crippen LogP contribution is 2.34. The summed E-state index contributed by atoms with van der Waals surface area (Å²) in [6.45, 7) is 1.85. The molecule has 0 unspecified atom stereocenters. The lowest BCUT2D eigenvalue weighted by molar-refractivity contribution is -0.383. The van der Waals surface area contributed by atoms with Crippen LogP contribution in [0.3, 0.4) is 0 Å². The Morgan fingerprint density at radius 3 is 1.91 bits per heavy atom. The number of hydrogen-bond donors (Lipinski definition) is 2. The van der Waals surface area contributed by atoms with E-state index >= 15 is 0 Å². The van der Waals surface area contributed by atoms with E-state index in [0.29, 0.717) is 0 Å². The van der Waals surface area contributed by atoms with E-state index in [9.17, 15) is 19.7 Å². The predicted molar refractivity (Wildman–Crippen MR) is 115 cm³/mol. The van der Waals surface area contributed by atoms with E-state index in [2.05, 4.69) is 20.6 Å². The van der Waals surface area contributed by atoms with Crippen LogP contribution < -0.4 is 10.6 Å². The van der Waals surface area contributed by atoms with Gasteiger partial charge in [-0.3, -0.25) is 10.1 Å². The molecule has 0 saturated carbocycles. The Bertz CT molecular complexity index is 1170. The number of nitrogens with zero attached hydrogens (tertiary/aromatic N) is 3. The van der Waals surface area contributed by atoms with Crippen molar-refractivity contribution in [3.63, 3.8) is 0 Å². The molecular formula is C21H19N5O6. The number of aromatic nitrogens is 2. The fourth-order valence-corrected chi connectivity index (χ4v) is 2.85. The molecule has 3 rings (SSSR count). The summed E-state index contributed by atoms with van der Waals surface area (Å²) in [7, 11) is 1.23. The van der Waals surface area contributed by atoms with Crippen LogP contribution in [0.4, 0.5) is 28.7 Å². The SMILES string of the molecule is CCOC(=O)c1ccccc1Nc1ncnc(Nc2ccccc2C(=O)OC)c1[N+](=O)[O-]. The van der Waals surface area contributed by atoms with Gasteiger partial charge in [0.05, 0.1) is 41.1 Å². The van der Waals surface area contributed by atoms with Crippen LogP contribution >= 0.6 is 0 Å². The van der Waals surface area contributed by atoms with Gasteiger partial charge in [-0.25, -0.2) is 19.6 Å². The van der Waals surface area contributed by atoms with Crippen LogP contribution in [0, 0.1) is 10.1 Å². The number of methoxy groups -OCH3 is 1. The van der Waals surface area contributed by atoms with Gasteiger partial charge in [-0.1, -0.05) is 24.3 Å². The average Bonchev–Trinajstić information content (AvgIpc) is 2.79. The molecule has 11 nitrogen and oxygen atoms in total. The quantitative estimate of drug-likeness (QED) is 0.303. The maximum Gasteiger partial charge on any atom is 0.353 e. The van der Waals surface area contributed by atoms with Crippen LogP contribution in [0.5, 0.6) is 0 Å². The maximum absolute atomic E-state index is 12.2. The summed E-state index contributed by atoms with van der Waals surface area (Å²) in [4.78, 5) is 43.4. The summed E-state index contributed by atoms with van der Waals surface area (Å²) >= 11 is 0. The predicted octanol–water partition coefficient (Wildman–Crippen LogP) is 3.84. The number of carbonyl (C=O) groups excluding carboxylic acids is 2. The van der Waals surface area contributed by atoms with E-state index in [4.69, 9.17) is 9.47 Å². The van der Waals surface area contributed by atoms with Crippen molar-refractivity contribution in [3.05, 3.63) is 76.1 Å². The molecule has 2 N–H and O–H groups in total. The molecule has 0 saturated heterocycles. The standard InChI is InChI=1S/C21H19N5O6/c1-3-32-21(28)14-9-5-7-11-16(14)25-19-17(26(29)30)18(22-12-23-19)24-15-10-6-4-8-13(15)20(27)31-2/h4-12H,3H2,1-2H3,(H2,22,23,24,25). The first-order valence-electron chi connectivity index (χ1n) is 9.43. The lowest BCUT2D eigenvalue weighted by Crippen LogP contribution is -2.11. The fraction of sp³-hybridized carbons (Fsp3) is 0.143. The van der Waals surface area contributed by atoms with Gasteiger partial charge < -0.3 is 20.1 Å². The summed E-state index contributed by atoms with van der Waals surface area (Å²) < 4.78 is 9.78. The first kappa shape index (κ1) is 22.2. The molecular weight excluding hydrogens is 418 g/mol. The summed E-state index contributed by atoms with van der Waals surface area (Å²) in [6, 6.07) is 12.7. The van der Waals surface area contributed by atoms with Crippen LogP contribution in [0.1, 0.15) is 27.6 Å². The van der Waals surface area contributed by atoms with Crippen molar-refractivity contribution in [1.82, 2.24) is 9.97 Å². The largest absolute Gasteiger partial charge is 0.465 e. The van der Waals surface area contributed by atoms with Crippen molar-refractivity contribution in [2.45, 2.75) is 6.92 Å². The van der Waals surface area contributed by atoms with Gasteiger partial charge in [-0.05, 0) is 31.2 Å². The first-order valence-corrected chi connectivity index (χ1v) is 9.43. The van der Waals surface area contributed by atoms with Crippen molar-refractivity contribution in [2.75, 3.05) is 24.4 Å². The number of carbonyl (C=O) groups is 2. The summed E-state index contributed by atoms with van der Waals surface area (Å²) in [5, 5.41) is 17.5. The minimum atomic E-state index is -0.668. The van der Waals surface area contributed by atoms with Gasteiger partial charge in [0.2, 0.25) is 11.6 Å². The Kier molecular flexibility index (Phi) is 6.91.